The van der Waals surface area contributed by atoms with Crippen LogP contribution in [0.3, 0.4) is 0 Å². The van der Waals surface area contributed by atoms with Crippen LogP contribution in [0.5, 0.6) is 0 Å². The van der Waals surface area contributed by atoms with Crippen LogP contribution in [-0.4, -0.2) is 122 Å². The summed E-state index contributed by atoms with van der Waals surface area (Å²) in [5, 5.41) is 9.93. The zero-order valence-electron chi connectivity index (χ0n) is 15.5. The Morgan fingerprint density at radius 1 is 1.08 bits per heavy atom. The van der Waals surface area contributed by atoms with Gasteiger partial charge in [-0.05, 0) is 20.9 Å². The first-order valence-corrected chi connectivity index (χ1v) is 9.20. The fourth-order valence-electron chi connectivity index (χ4n) is 3.39. The summed E-state index contributed by atoms with van der Waals surface area (Å²) in [5.41, 5.74) is 0. The molecule has 2 fully saturated rings. The standard InChI is InChI=1S/C17H34N4O3/c1-4-24-14-16(22)13-19-7-11-21(12-8-19)17(23)15(2)20-9-5-18(3)6-10-20/h15-16,22H,4-14H2,1-3H3/t15-,16+/m0/s1. The third kappa shape index (κ3) is 5.67. The number of rotatable bonds is 7. The van der Waals surface area contributed by atoms with Gasteiger partial charge >= 0.3 is 0 Å². The van der Waals surface area contributed by atoms with Gasteiger partial charge in [0.1, 0.15) is 0 Å². The van der Waals surface area contributed by atoms with Gasteiger partial charge in [-0.2, -0.15) is 0 Å². The van der Waals surface area contributed by atoms with E-state index in [0.29, 0.717) is 19.8 Å². The largest absolute Gasteiger partial charge is 0.389 e. The molecule has 0 aliphatic carbocycles. The monoisotopic (exact) mass is 342 g/mol. The maximum absolute atomic E-state index is 12.7. The zero-order chi connectivity index (χ0) is 17.5. The van der Waals surface area contributed by atoms with Crippen LogP contribution in [0.15, 0.2) is 0 Å². The summed E-state index contributed by atoms with van der Waals surface area (Å²) in [6, 6.07) is -0.0335. The Balaban J connectivity index is 1.72. The van der Waals surface area contributed by atoms with Crippen molar-refractivity contribution in [1.82, 2.24) is 19.6 Å². The number of ether oxygens (including phenoxy) is 1. The van der Waals surface area contributed by atoms with E-state index in [2.05, 4.69) is 21.7 Å². The Labute approximate surface area is 146 Å². The van der Waals surface area contributed by atoms with Gasteiger partial charge in [0.2, 0.25) is 5.91 Å². The Kier molecular flexibility index (Phi) is 7.90. The minimum Gasteiger partial charge on any atom is -0.389 e. The molecule has 1 N–H and O–H groups in total. The van der Waals surface area contributed by atoms with E-state index in [0.717, 1.165) is 52.4 Å². The summed E-state index contributed by atoms with van der Waals surface area (Å²) in [6.45, 7) is 12.7. The summed E-state index contributed by atoms with van der Waals surface area (Å²) in [5.74, 6) is 0.245. The summed E-state index contributed by atoms with van der Waals surface area (Å²) < 4.78 is 5.25. The van der Waals surface area contributed by atoms with Crippen molar-refractivity contribution in [2.45, 2.75) is 26.0 Å². The number of piperazine rings is 2. The van der Waals surface area contributed by atoms with Gasteiger partial charge in [0, 0.05) is 65.5 Å². The van der Waals surface area contributed by atoms with Crippen LogP contribution in [0.4, 0.5) is 0 Å². The van der Waals surface area contributed by atoms with Gasteiger partial charge < -0.3 is 19.6 Å². The minimum atomic E-state index is -0.448. The smallest absolute Gasteiger partial charge is 0.239 e. The van der Waals surface area contributed by atoms with Crippen molar-refractivity contribution >= 4 is 5.91 Å². The highest BCUT2D eigenvalue weighted by atomic mass is 16.5. The van der Waals surface area contributed by atoms with Gasteiger partial charge in [0.25, 0.3) is 0 Å². The van der Waals surface area contributed by atoms with Crippen LogP contribution < -0.4 is 0 Å². The molecule has 2 saturated heterocycles. The maximum Gasteiger partial charge on any atom is 0.239 e. The third-order valence-corrected chi connectivity index (χ3v) is 5.11. The van der Waals surface area contributed by atoms with E-state index in [1.54, 1.807) is 0 Å². The SMILES string of the molecule is CCOC[C@H](O)CN1CCN(C(=O)[C@H](C)N2CCN(C)CC2)CC1. The van der Waals surface area contributed by atoms with Crippen molar-refractivity contribution in [2.24, 2.45) is 0 Å². The minimum absolute atomic E-state index is 0.0335. The van der Waals surface area contributed by atoms with Crippen molar-refractivity contribution in [1.29, 1.82) is 0 Å². The average Bonchev–Trinajstić information content (AvgIpc) is 2.60. The number of aliphatic hydroxyl groups is 1. The lowest BCUT2D eigenvalue weighted by atomic mass is 10.2. The van der Waals surface area contributed by atoms with Crippen molar-refractivity contribution in [3.63, 3.8) is 0 Å². The van der Waals surface area contributed by atoms with E-state index in [1.165, 1.54) is 0 Å². The number of carbonyl (C=O) groups is 1. The quantitative estimate of drug-likeness (QED) is 0.651. The molecule has 0 spiro atoms. The highest BCUT2D eigenvalue weighted by Gasteiger charge is 2.30. The second kappa shape index (κ2) is 9.68. The molecule has 7 heteroatoms. The van der Waals surface area contributed by atoms with Crippen molar-refractivity contribution < 1.29 is 14.6 Å². The first-order chi connectivity index (χ1) is 11.5. The Morgan fingerprint density at radius 2 is 1.71 bits per heavy atom. The van der Waals surface area contributed by atoms with Crippen LogP contribution in [0, 0.1) is 0 Å². The van der Waals surface area contributed by atoms with E-state index in [1.807, 2.05) is 18.7 Å². The number of β-amino-alcohol motifs (C(OH)–C–C–N with tert-alkyl or cyclic N) is 1. The lowest BCUT2D eigenvalue weighted by Crippen LogP contribution is -2.57. The molecule has 24 heavy (non-hydrogen) atoms. The molecule has 2 aliphatic rings. The molecule has 1 amide bonds. The first-order valence-electron chi connectivity index (χ1n) is 9.20. The van der Waals surface area contributed by atoms with Gasteiger partial charge in [-0.1, -0.05) is 0 Å². The van der Waals surface area contributed by atoms with E-state index >= 15 is 0 Å². The fraction of sp³-hybridized carbons (Fsp3) is 0.941. The second-order valence-electron chi connectivity index (χ2n) is 6.95. The van der Waals surface area contributed by atoms with E-state index in [9.17, 15) is 9.90 Å². The molecule has 2 aliphatic heterocycles. The van der Waals surface area contributed by atoms with Gasteiger partial charge in [-0.3, -0.25) is 14.6 Å². The highest BCUT2D eigenvalue weighted by molar-refractivity contribution is 5.81. The second-order valence-corrected chi connectivity index (χ2v) is 6.95. The van der Waals surface area contributed by atoms with Gasteiger partial charge in [0.05, 0.1) is 18.8 Å². The number of nitrogens with zero attached hydrogens (tertiary/aromatic N) is 4. The number of hydrogen-bond donors (Lipinski definition) is 1. The molecular weight excluding hydrogens is 308 g/mol. The lowest BCUT2D eigenvalue weighted by molar-refractivity contribution is -0.139. The van der Waals surface area contributed by atoms with Gasteiger partial charge in [-0.25, -0.2) is 0 Å². The molecule has 0 saturated carbocycles. The number of hydrogen-bond acceptors (Lipinski definition) is 6. The molecule has 7 nitrogen and oxygen atoms in total. The molecule has 2 rings (SSSR count). The summed E-state index contributed by atoms with van der Waals surface area (Å²) in [4.78, 5) is 21.5. The molecule has 0 unspecified atom stereocenters. The normalized spacial score (nSPS) is 24.1. The number of amides is 1. The molecule has 2 heterocycles. The summed E-state index contributed by atoms with van der Waals surface area (Å²) in [7, 11) is 2.13. The van der Waals surface area contributed by atoms with Crippen molar-refractivity contribution in [3.05, 3.63) is 0 Å². The molecule has 0 radical (unpaired) electrons. The number of aliphatic hydroxyl groups excluding tert-OH is 1. The Bertz CT molecular complexity index is 380. The molecular formula is C17H34N4O3. The Morgan fingerprint density at radius 3 is 2.29 bits per heavy atom. The van der Waals surface area contributed by atoms with Crippen LogP contribution in [0.25, 0.3) is 0 Å². The van der Waals surface area contributed by atoms with Crippen LogP contribution in [0.1, 0.15) is 13.8 Å². The summed E-state index contributed by atoms with van der Waals surface area (Å²) >= 11 is 0. The molecule has 0 aromatic rings. The zero-order valence-corrected chi connectivity index (χ0v) is 15.5. The van der Waals surface area contributed by atoms with E-state index in [4.69, 9.17) is 4.74 Å². The third-order valence-electron chi connectivity index (χ3n) is 5.11. The van der Waals surface area contributed by atoms with Crippen LogP contribution in [-0.2, 0) is 9.53 Å². The molecule has 140 valence electrons. The lowest BCUT2D eigenvalue weighted by Gasteiger charge is -2.40. The summed E-state index contributed by atoms with van der Waals surface area (Å²) in [6.07, 6.45) is -0.448. The molecule has 2 atom stereocenters. The molecule has 0 bridgehead atoms. The average molecular weight is 342 g/mol. The Hall–Kier alpha value is -0.730. The van der Waals surface area contributed by atoms with E-state index < -0.39 is 6.10 Å². The van der Waals surface area contributed by atoms with Gasteiger partial charge in [0.15, 0.2) is 0 Å². The first kappa shape index (κ1) is 19.6. The van der Waals surface area contributed by atoms with Crippen LogP contribution in [0.2, 0.25) is 0 Å². The number of likely N-dealkylation sites (N-methyl/N-ethyl adjacent to an activating group) is 1. The highest BCUT2D eigenvalue weighted by Crippen LogP contribution is 2.11. The van der Waals surface area contributed by atoms with Crippen molar-refractivity contribution in [2.75, 3.05) is 79.2 Å². The maximum atomic E-state index is 12.7. The molecule has 0 aromatic heterocycles. The van der Waals surface area contributed by atoms with E-state index in [-0.39, 0.29) is 11.9 Å². The predicted molar refractivity (Wildman–Crippen MR) is 94.1 cm³/mol. The van der Waals surface area contributed by atoms with Crippen LogP contribution >= 0.6 is 0 Å². The fourth-order valence-corrected chi connectivity index (χ4v) is 3.39. The molecule has 0 aromatic carbocycles. The van der Waals surface area contributed by atoms with Gasteiger partial charge in [-0.15, -0.1) is 0 Å². The predicted octanol–water partition coefficient (Wildman–Crippen LogP) is -0.836. The van der Waals surface area contributed by atoms with Crippen molar-refractivity contribution in [3.8, 4) is 0 Å². The number of carbonyl (C=O) groups excluding carboxylic acids is 1. The topological polar surface area (TPSA) is 59.5 Å².